The number of amides is 2. The number of nitrogens with zero attached hydrogens (tertiary/aromatic N) is 2. The average molecular weight is 376 g/mol. The lowest BCUT2D eigenvalue weighted by molar-refractivity contribution is 0.171. The number of aromatic nitrogens is 2. The Balaban J connectivity index is 1.42. The Morgan fingerprint density at radius 2 is 1.89 bits per heavy atom. The molecular formula is C19H22F2N4O2. The van der Waals surface area contributed by atoms with E-state index in [2.05, 4.69) is 20.6 Å². The second-order valence-electron chi connectivity index (χ2n) is 6.55. The highest BCUT2D eigenvalue weighted by molar-refractivity contribution is 5.74. The molecule has 2 aromatic rings. The first-order valence-corrected chi connectivity index (χ1v) is 9.01. The van der Waals surface area contributed by atoms with E-state index in [4.69, 9.17) is 4.74 Å². The summed E-state index contributed by atoms with van der Waals surface area (Å²) in [4.78, 5) is 20.0. The van der Waals surface area contributed by atoms with Crippen LogP contribution < -0.4 is 15.4 Å². The van der Waals surface area contributed by atoms with Crippen LogP contribution in [-0.2, 0) is 6.42 Å². The number of carbonyl (C=O) groups is 1. The van der Waals surface area contributed by atoms with E-state index < -0.39 is 11.6 Å². The zero-order valence-electron chi connectivity index (χ0n) is 14.8. The quantitative estimate of drug-likeness (QED) is 0.729. The third-order valence-corrected chi connectivity index (χ3v) is 4.43. The van der Waals surface area contributed by atoms with E-state index in [0.29, 0.717) is 6.54 Å². The van der Waals surface area contributed by atoms with E-state index in [-0.39, 0.29) is 23.9 Å². The van der Waals surface area contributed by atoms with Crippen molar-refractivity contribution < 1.29 is 18.3 Å². The Hall–Kier alpha value is -2.77. The Bertz CT molecular complexity index is 740. The van der Waals surface area contributed by atoms with Crippen LogP contribution in [0.3, 0.4) is 0 Å². The number of aryl methyl sites for hydroxylation is 1. The third-order valence-electron chi connectivity index (χ3n) is 4.43. The number of benzene rings is 1. The molecule has 0 aliphatic heterocycles. The SMILES string of the molecule is O=C(NCCCc1cncnc1)N[C@H]1CCC[C@H]1Oc1cc(F)cc(F)c1. The molecule has 3 rings (SSSR count). The van der Waals surface area contributed by atoms with E-state index >= 15 is 0 Å². The van der Waals surface area contributed by atoms with Crippen molar-refractivity contribution in [2.75, 3.05) is 6.54 Å². The maximum Gasteiger partial charge on any atom is 0.315 e. The summed E-state index contributed by atoms with van der Waals surface area (Å²) in [6.07, 6.45) is 8.59. The lowest BCUT2D eigenvalue weighted by Gasteiger charge is -2.22. The first-order valence-electron chi connectivity index (χ1n) is 9.01. The summed E-state index contributed by atoms with van der Waals surface area (Å²) in [5, 5.41) is 5.71. The van der Waals surface area contributed by atoms with Gasteiger partial charge < -0.3 is 15.4 Å². The molecular weight excluding hydrogens is 354 g/mol. The first-order chi connectivity index (χ1) is 13.1. The summed E-state index contributed by atoms with van der Waals surface area (Å²) < 4.78 is 32.3. The van der Waals surface area contributed by atoms with Gasteiger partial charge in [0.2, 0.25) is 0 Å². The van der Waals surface area contributed by atoms with Gasteiger partial charge in [-0.2, -0.15) is 0 Å². The summed E-state index contributed by atoms with van der Waals surface area (Å²) in [5.74, 6) is -1.24. The Kier molecular flexibility index (Phi) is 6.51. The molecule has 1 aliphatic carbocycles. The Morgan fingerprint density at radius 3 is 2.63 bits per heavy atom. The first kappa shape index (κ1) is 19.0. The smallest absolute Gasteiger partial charge is 0.315 e. The third kappa shape index (κ3) is 5.87. The number of carbonyl (C=O) groups excluding carboxylic acids is 1. The van der Waals surface area contributed by atoms with Crippen molar-refractivity contribution in [2.45, 2.75) is 44.2 Å². The van der Waals surface area contributed by atoms with Crippen LogP contribution in [0, 0.1) is 11.6 Å². The highest BCUT2D eigenvalue weighted by atomic mass is 19.1. The van der Waals surface area contributed by atoms with E-state index in [0.717, 1.165) is 55.9 Å². The molecule has 2 amide bonds. The number of urea groups is 1. The Morgan fingerprint density at radius 1 is 1.15 bits per heavy atom. The molecule has 144 valence electrons. The lowest BCUT2D eigenvalue weighted by Crippen LogP contribution is -2.47. The zero-order valence-corrected chi connectivity index (χ0v) is 14.8. The summed E-state index contributed by atoms with van der Waals surface area (Å²) >= 11 is 0. The van der Waals surface area contributed by atoms with Gasteiger partial charge in [-0.3, -0.25) is 0 Å². The fourth-order valence-electron chi connectivity index (χ4n) is 3.18. The molecule has 2 N–H and O–H groups in total. The molecule has 27 heavy (non-hydrogen) atoms. The lowest BCUT2D eigenvalue weighted by atomic mass is 10.2. The molecule has 1 aliphatic rings. The predicted octanol–water partition coefficient (Wildman–Crippen LogP) is 2.99. The molecule has 0 unspecified atom stereocenters. The van der Waals surface area contributed by atoms with Crippen molar-refractivity contribution in [1.82, 2.24) is 20.6 Å². The van der Waals surface area contributed by atoms with Gasteiger partial charge in [-0.25, -0.2) is 23.5 Å². The van der Waals surface area contributed by atoms with E-state index in [1.165, 1.54) is 6.33 Å². The summed E-state index contributed by atoms with van der Waals surface area (Å²) in [5.41, 5.74) is 1.02. The zero-order chi connectivity index (χ0) is 19.1. The number of ether oxygens (including phenoxy) is 1. The largest absolute Gasteiger partial charge is 0.488 e. The highest BCUT2D eigenvalue weighted by Crippen LogP contribution is 2.26. The fraction of sp³-hybridized carbons (Fsp3) is 0.421. The van der Waals surface area contributed by atoms with Crippen LogP contribution in [-0.4, -0.2) is 34.7 Å². The van der Waals surface area contributed by atoms with Gasteiger partial charge >= 0.3 is 6.03 Å². The van der Waals surface area contributed by atoms with Crippen molar-refractivity contribution >= 4 is 6.03 Å². The van der Waals surface area contributed by atoms with Gasteiger partial charge in [0, 0.05) is 37.1 Å². The molecule has 2 atom stereocenters. The number of hydrogen-bond donors (Lipinski definition) is 2. The standard InChI is InChI=1S/C19H22F2N4O2/c20-14-7-15(21)9-16(8-14)27-18-5-1-4-17(18)25-19(26)24-6-2-3-13-10-22-12-23-11-13/h7-12,17-18H,1-6H2,(H2,24,25,26)/t17-,18+/m0/s1. The van der Waals surface area contributed by atoms with Crippen LogP contribution in [0.4, 0.5) is 13.6 Å². The van der Waals surface area contributed by atoms with Gasteiger partial charge in [-0.1, -0.05) is 0 Å². The molecule has 1 aromatic heterocycles. The summed E-state index contributed by atoms with van der Waals surface area (Å²) in [6, 6.07) is 2.62. The van der Waals surface area contributed by atoms with Gasteiger partial charge in [0.15, 0.2) is 0 Å². The van der Waals surface area contributed by atoms with E-state index in [1.54, 1.807) is 12.4 Å². The van der Waals surface area contributed by atoms with Gasteiger partial charge in [-0.15, -0.1) is 0 Å². The number of nitrogens with one attached hydrogen (secondary N) is 2. The molecule has 0 saturated heterocycles. The number of hydrogen-bond acceptors (Lipinski definition) is 4. The van der Waals surface area contributed by atoms with Gasteiger partial charge in [0.05, 0.1) is 6.04 Å². The molecule has 8 heteroatoms. The second kappa shape index (κ2) is 9.25. The van der Waals surface area contributed by atoms with Crippen molar-refractivity contribution in [2.24, 2.45) is 0 Å². The van der Waals surface area contributed by atoms with Crippen molar-refractivity contribution in [3.8, 4) is 5.75 Å². The topological polar surface area (TPSA) is 76.1 Å². The fourth-order valence-corrected chi connectivity index (χ4v) is 3.18. The Labute approximate surface area is 156 Å². The minimum absolute atomic E-state index is 0.136. The molecule has 1 saturated carbocycles. The monoisotopic (exact) mass is 376 g/mol. The van der Waals surface area contributed by atoms with E-state index in [1.807, 2.05) is 0 Å². The molecule has 0 spiro atoms. The molecule has 1 fully saturated rings. The maximum atomic E-state index is 13.3. The van der Waals surface area contributed by atoms with Crippen molar-refractivity contribution in [3.05, 3.63) is 54.1 Å². The number of halogens is 2. The molecule has 0 radical (unpaired) electrons. The summed E-state index contributed by atoms with van der Waals surface area (Å²) in [6.45, 7) is 0.522. The maximum absolute atomic E-state index is 13.3. The molecule has 1 heterocycles. The van der Waals surface area contributed by atoms with Crippen LogP contribution >= 0.6 is 0 Å². The van der Waals surface area contributed by atoms with Crippen LogP contribution in [0.5, 0.6) is 5.75 Å². The van der Waals surface area contributed by atoms with Gasteiger partial charge in [0.1, 0.15) is 29.8 Å². The minimum Gasteiger partial charge on any atom is -0.488 e. The molecule has 6 nitrogen and oxygen atoms in total. The minimum atomic E-state index is -0.686. The second-order valence-corrected chi connectivity index (χ2v) is 6.55. The molecule has 0 bridgehead atoms. The van der Waals surface area contributed by atoms with Gasteiger partial charge in [0.25, 0.3) is 0 Å². The van der Waals surface area contributed by atoms with Crippen LogP contribution in [0.1, 0.15) is 31.2 Å². The van der Waals surface area contributed by atoms with Crippen molar-refractivity contribution in [1.29, 1.82) is 0 Å². The average Bonchev–Trinajstić information content (AvgIpc) is 3.05. The van der Waals surface area contributed by atoms with Crippen LogP contribution in [0.2, 0.25) is 0 Å². The van der Waals surface area contributed by atoms with Gasteiger partial charge in [-0.05, 0) is 37.7 Å². The van der Waals surface area contributed by atoms with Crippen LogP contribution in [0.15, 0.2) is 36.9 Å². The normalized spacial score (nSPS) is 18.9. The molecule has 1 aromatic carbocycles. The van der Waals surface area contributed by atoms with Crippen LogP contribution in [0.25, 0.3) is 0 Å². The summed E-state index contributed by atoms with van der Waals surface area (Å²) in [7, 11) is 0. The number of rotatable bonds is 7. The highest BCUT2D eigenvalue weighted by Gasteiger charge is 2.30. The predicted molar refractivity (Wildman–Crippen MR) is 95.3 cm³/mol. The van der Waals surface area contributed by atoms with Crippen molar-refractivity contribution in [3.63, 3.8) is 0 Å². The van der Waals surface area contributed by atoms with E-state index in [9.17, 15) is 13.6 Å².